The fourth-order valence-electron chi connectivity index (χ4n) is 5.35. The zero-order valence-corrected chi connectivity index (χ0v) is 25.8. The molecule has 0 aliphatic heterocycles. The highest BCUT2D eigenvalue weighted by Gasteiger charge is 2.11. The van der Waals surface area contributed by atoms with Crippen molar-refractivity contribution in [1.29, 1.82) is 0 Å². The Balaban J connectivity index is 1.21. The summed E-state index contributed by atoms with van der Waals surface area (Å²) < 4.78 is 11.1. The Kier molecular flexibility index (Phi) is 11.7. The topological polar surface area (TPSA) is 90.0 Å². The molecule has 0 saturated carbocycles. The van der Waals surface area contributed by atoms with Crippen molar-refractivity contribution < 1.29 is 14.3 Å². The van der Waals surface area contributed by atoms with Crippen LogP contribution in [0.25, 0.3) is 17.5 Å². The molecule has 4 aromatic carbocycles. The fraction of sp³-hybridized carbons (Fsp3) is 0.263. The number of hydrogen-bond donors (Lipinski definition) is 1. The smallest absolute Gasteiger partial charge is 0.337 e. The number of benzene rings is 4. The average molecular weight is 601 g/mol. The van der Waals surface area contributed by atoms with Crippen LogP contribution in [0.1, 0.15) is 58.3 Å². The number of nitrogens with one attached hydrogen (secondary N) is 1. The van der Waals surface area contributed by atoms with Crippen LogP contribution >= 0.6 is 0 Å². The molecule has 1 unspecified atom stereocenters. The number of aryl methyl sites for hydroxylation is 2. The van der Waals surface area contributed by atoms with Crippen LogP contribution in [0.3, 0.4) is 0 Å². The van der Waals surface area contributed by atoms with Crippen LogP contribution in [0.15, 0.2) is 109 Å². The van der Waals surface area contributed by atoms with Crippen LogP contribution in [-0.2, 0) is 24.0 Å². The molecule has 0 bridgehead atoms. The quantitative estimate of drug-likeness (QED) is 0.0913. The summed E-state index contributed by atoms with van der Waals surface area (Å²) in [5, 5.41) is 14.2. The van der Waals surface area contributed by atoms with Gasteiger partial charge in [-0.2, -0.15) is 0 Å². The first-order valence-electron chi connectivity index (χ1n) is 15.6. The van der Waals surface area contributed by atoms with E-state index in [-0.39, 0.29) is 11.9 Å². The lowest BCUT2D eigenvalue weighted by atomic mass is 9.91. The summed E-state index contributed by atoms with van der Waals surface area (Å²) in [6.45, 7) is 0.706. The van der Waals surface area contributed by atoms with Gasteiger partial charge in [-0.3, -0.25) is 0 Å². The van der Waals surface area contributed by atoms with Gasteiger partial charge < -0.3 is 9.47 Å². The molecule has 5 aromatic rings. The van der Waals surface area contributed by atoms with Crippen molar-refractivity contribution in [2.45, 2.75) is 44.9 Å². The number of carbonyl (C=O) groups excluding carboxylic acids is 1. The summed E-state index contributed by atoms with van der Waals surface area (Å²) in [7, 11) is 1.40. The van der Waals surface area contributed by atoms with Crippen molar-refractivity contribution in [1.82, 2.24) is 20.6 Å². The molecular weight excluding hydrogens is 560 g/mol. The minimum atomic E-state index is -0.319. The standard InChI is InChI=1S/C38H40N4O3/c1-44-38(43)35-25-17-30(18-26-35)15-16-31(28-32-20-23-34(24-21-32)37-39-41-42-40-37)19-22-33-13-7-8-14-36(33)45-27-9-3-6-12-29-10-4-2-5-11-29/h2,4-5,7-8,10-11,13-14,17-26,31H,3,6,9,12,15-16,27-28H2,1H3,(H,39,40,41,42)/b22-19+. The van der Waals surface area contributed by atoms with E-state index in [1.807, 2.05) is 42.5 Å². The average Bonchev–Trinajstić information content (AvgIpc) is 3.64. The molecule has 230 valence electrons. The number of carbonyl (C=O) groups is 1. The first-order valence-corrected chi connectivity index (χ1v) is 15.6. The van der Waals surface area contributed by atoms with Crippen LogP contribution in [0.2, 0.25) is 0 Å². The number of aromatic amines is 1. The molecule has 0 spiro atoms. The molecule has 5 rings (SSSR count). The van der Waals surface area contributed by atoms with Gasteiger partial charge in [0.05, 0.1) is 19.3 Å². The summed E-state index contributed by atoms with van der Waals surface area (Å²) in [5.74, 6) is 1.54. The molecule has 1 aromatic heterocycles. The normalized spacial score (nSPS) is 11.8. The number of tetrazole rings is 1. The molecule has 7 nitrogen and oxygen atoms in total. The van der Waals surface area contributed by atoms with Gasteiger partial charge in [-0.05, 0) is 96.2 Å². The minimum Gasteiger partial charge on any atom is -0.493 e. The number of H-pyrrole nitrogens is 1. The lowest BCUT2D eigenvalue weighted by Crippen LogP contribution is -2.05. The summed E-state index contributed by atoms with van der Waals surface area (Å²) in [4.78, 5) is 11.9. The zero-order valence-electron chi connectivity index (χ0n) is 25.8. The van der Waals surface area contributed by atoms with Crippen molar-refractivity contribution >= 4 is 12.0 Å². The minimum absolute atomic E-state index is 0.286. The van der Waals surface area contributed by atoms with Gasteiger partial charge in [-0.1, -0.05) is 97.1 Å². The maximum Gasteiger partial charge on any atom is 0.337 e. The number of para-hydroxylation sites is 1. The van der Waals surface area contributed by atoms with Gasteiger partial charge in [0.25, 0.3) is 0 Å². The predicted octanol–water partition coefficient (Wildman–Crippen LogP) is 7.95. The van der Waals surface area contributed by atoms with E-state index >= 15 is 0 Å². The van der Waals surface area contributed by atoms with E-state index in [4.69, 9.17) is 9.47 Å². The fourth-order valence-corrected chi connectivity index (χ4v) is 5.35. The van der Waals surface area contributed by atoms with Crippen molar-refractivity contribution in [2.75, 3.05) is 13.7 Å². The second-order valence-electron chi connectivity index (χ2n) is 11.2. The molecule has 1 heterocycles. The maximum absolute atomic E-state index is 11.9. The number of allylic oxidation sites excluding steroid dienone is 1. The van der Waals surface area contributed by atoms with E-state index < -0.39 is 0 Å². The highest BCUT2D eigenvalue weighted by atomic mass is 16.5. The molecule has 0 saturated heterocycles. The number of nitrogens with zero attached hydrogens (tertiary/aromatic N) is 3. The van der Waals surface area contributed by atoms with E-state index in [1.54, 1.807) is 0 Å². The Morgan fingerprint density at radius 1 is 0.800 bits per heavy atom. The van der Waals surface area contributed by atoms with Gasteiger partial charge >= 0.3 is 5.97 Å². The lowest BCUT2D eigenvalue weighted by molar-refractivity contribution is 0.0600. The highest BCUT2D eigenvalue weighted by molar-refractivity contribution is 5.89. The summed E-state index contributed by atoms with van der Waals surface area (Å²) in [6, 6.07) is 35.0. The van der Waals surface area contributed by atoms with Crippen molar-refractivity contribution in [3.8, 4) is 17.1 Å². The lowest BCUT2D eigenvalue weighted by Gasteiger charge is -2.15. The predicted molar refractivity (Wildman–Crippen MR) is 178 cm³/mol. The molecule has 0 aliphatic rings. The van der Waals surface area contributed by atoms with Gasteiger partial charge in [-0.25, -0.2) is 9.89 Å². The Morgan fingerprint density at radius 2 is 1.53 bits per heavy atom. The Labute approximate surface area is 265 Å². The van der Waals surface area contributed by atoms with Crippen molar-refractivity contribution in [3.63, 3.8) is 0 Å². The number of rotatable bonds is 16. The van der Waals surface area contributed by atoms with E-state index in [9.17, 15) is 4.79 Å². The van der Waals surface area contributed by atoms with E-state index in [2.05, 4.69) is 93.4 Å². The Bertz CT molecular complexity index is 1620. The molecular formula is C38H40N4O3. The number of hydrogen-bond acceptors (Lipinski definition) is 6. The largest absolute Gasteiger partial charge is 0.493 e. The highest BCUT2D eigenvalue weighted by Crippen LogP contribution is 2.25. The second-order valence-corrected chi connectivity index (χ2v) is 11.2. The molecule has 0 fully saturated rings. The first kappa shape index (κ1) is 31.4. The van der Waals surface area contributed by atoms with Gasteiger partial charge in [-0.15, -0.1) is 5.10 Å². The SMILES string of the molecule is COC(=O)c1ccc(CCC(/C=C/c2ccccc2OCCCCCc2ccccc2)Cc2ccc(-c3nnn[nH]3)cc2)cc1. The van der Waals surface area contributed by atoms with Gasteiger partial charge in [0.15, 0.2) is 5.82 Å². The van der Waals surface area contributed by atoms with Crippen LogP contribution in [-0.4, -0.2) is 40.3 Å². The number of ether oxygens (including phenoxy) is 2. The summed E-state index contributed by atoms with van der Waals surface area (Å²) >= 11 is 0. The summed E-state index contributed by atoms with van der Waals surface area (Å²) in [6.07, 6.45) is 11.7. The molecule has 0 amide bonds. The number of methoxy groups -OCH3 is 1. The Hall–Kier alpha value is -5.04. The molecule has 7 heteroatoms. The van der Waals surface area contributed by atoms with E-state index in [1.165, 1.54) is 23.8 Å². The third kappa shape index (κ3) is 9.73. The van der Waals surface area contributed by atoms with Crippen LogP contribution in [0, 0.1) is 5.92 Å². The van der Waals surface area contributed by atoms with Crippen LogP contribution in [0.5, 0.6) is 5.75 Å². The number of unbranched alkanes of at least 4 members (excludes halogenated alkanes) is 2. The molecule has 0 radical (unpaired) electrons. The van der Waals surface area contributed by atoms with Gasteiger partial charge in [0, 0.05) is 11.1 Å². The van der Waals surface area contributed by atoms with Crippen molar-refractivity contribution in [3.05, 3.63) is 137 Å². The molecule has 1 N–H and O–H groups in total. The van der Waals surface area contributed by atoms with E-state index in [0.29, 0.717) is 18.0 Å². The van der Waals surface area contributed by atoms with Crippen LogP contribution < -0.4 is 4.74 Å². The van der Waals surface area contributed by atoms with Gasteiger partial charge in [0.1, 0.15) is 5.75 Å². The molecule has 0 aliphatic carbocycles. The van der Waals surface area contributed by atoms with E-state index in [0.717, 1.165) is 61.8 Å². The second kappa shape index (κ2) is 16.7. The third-order valence-electron chi connectivity index (χ3n) is 7.93. The Morgan fingerprint density at radius 3 is 2.29 bits per heavy atom. The number of aromatic nitrogens is 4. The van der Waals surface area contributed by atoms with Crippen LogP contribution in [0.4, 0.5) is 0 Å². The maximum atomic E-state index is 11.9. The van der Waals surface area contributed by atoms with Crippen molar-refractivity contribution in [2.24, 2.45) is 5.92 Å². The van der Waals surface area contributed by atoms with Gasteiger partial charge in [0.2, 0.25) is 0 Å². The molecule has 1 atom stereocenters. The monoisotopic (exact) mass is 600 g/mol. The summed E-state index contributed by atoms with van der Waals surface area (Å²) in [5.41, 5.74) is 6.42. The third-order valence-corrected chi connectivity index (χ3v) is 7.93. The molecule has 45 heavy (non-hydrogen) atoms. The number of esters is 1. The zero-order chi connectivity index (χ0) is 31.1. The first-order chi connectivity index (χ1) is 22.2.